The second-order valence-corrected chi connectivity index (χ2v) is 4.16. The fourth-order valence-electron chi connectivity index (χ4n) is 1.79. The minimum absolute atomic E-state index is 0.199. The van der Waals surface area contributed by atoms with Crippen LogP contribution in [-0.4, -0.2) is 18.8 Å². The average molecular weight is 214 g/mol. The van der Waals surface area contributed by atoms with E-state index in [0.29, 0.717) is 5.92 Å². The quantitative estimate of drug-likeness (QED) is 0.268. The van der Waals surface area contributed by atoms with Gasteiger partial charge < -0.3 is 4.74 Å². The number of rotatable bonds is 9. The Labute approximate surface area is 94.0 Å². The molecule has 0 saturated carbocycles. The smallest absolute Gasteiger partial charge is 0.0764 e. The summed E-state index contributed by atoms with van der Waals surface area (Å²) >= 11 is 0. The number of hydrogen-bond donors (Lipinski definition) is 2. The molecule has 2 unspecified atom stereocenters. The highest BCUT2D eigenvalue weighted by atomic mass is 16.5. The number of nitrogens with two attached hydrogens (primary N) is 1. The first-order chi connectivity index (χ1) is 7.17. The summed E-state index contributed by atoms with van der Waals surface area (Å²) < 4.78 is 5.72. The molecule has 0 heterocycles. The molecule has 0 spiro atoms. The van der Waals surface area contributed by atoms with Gasteiger partial charge in [0.2, 0.25) is 0 Å². The van der Waals surface area contributed by atoms with Crippen LogP contribution in [-0.2, 0) is 4.74 Å². The van der Waals surface area contributed by atoms with Gasteiger partial charge in [0.1, 0.15) is 0 Å². The van der Waals surface area contributed by atoms with E-state index < -0.39 is 0 Å². The highest BCUT2D eigenvalue weighted by Crippen LogP contribution is 2.15. The van der Waals surface area contributed by atoms with Gasteiger partial charge in [-0.15, -0.1) is 6.58 Å². The van der Waals surface area contributed by atoms with E-state index in [4.69, 9.17) is 10.6 Å². The molecule has 3 nitrogen and oxygen atoms in total. The maximum absolute atomic E-state index is 5.72. The van der Waals surface area contributed by atoms with Crippen LogP contribution in [0.5, 0.6) is 0 Å². The van der Waals surface area contributed by atoms with Crippen LogP contribution >= 0.6 is 0 Å². The Bertz CT molecular complexity index is 160. The molecule has 0 radical (unpaired) electrons. The zero-order valence-electron chi connectivity index (χ0n) is 10.3. The van der Waals surface area contributed by atoms with E-state index in [9.17, 15) is 0 Å². The molecule has 0 bridgehead atoms. The Morgan fingerprint density at radius 1 is 1.47 bits per heavy atom. The molecule has 3 N–H and O–H groups in total. The van der Waals surface area contributed by atoms with Crippen molar-refractivity contribution >= 4 is 0 Å². The van der Waals surface area contributed by atoms with Gasteiger partial charge in [0.15, 0.2) is 0 Å². The van der Waals surface area contributed by atoms with Crippen molar-refractivity contribution in [1.82, 2.24) is 5.43 Å². The van der Waals surface area contributed by atoms with Crippen LogP contribution in [0.25, 0.3) is 0 Å². The van der Waals surface area contributed by atoms with Crippen molar-refractivity contribution in [1.29, 1.82) is 0 Å². The monoisotopic (exact) mass is 214 g/mol. The van der Waals surface area contributed by atoms with Gasteiger partial charge >= 0.3 is 0 Å². The number of nitrogens with one attached hydrogen (secondary N) is 1. The molecule has 15 heavy (non-hydrogen) atoms. The van der Waals surface area contributed by atoms with E-state index in [1.807, 2.05) is 13.0 Å². The third-order valence-electron chi connectivity index (χ3n) is 2.55. The third kappa shape index (κ3) is 5.92. The lowest BCUT2D eigenvalue weighted by atomic mass is 9.95. The summed E-state index contributed by atoms with van der Waals surface area (Å²) in [6, 6.07) is 0.241. The zero-order chi connectivity index (χ0) is 11.7. The summed E-state index contributed by atoms with van der Waals surface area (Å²) in [5.41, 5.74) is 2.87. The van der Waals surface area contributed by atoms with Crippen LogP contribution < -0.4 is 11.3 Å². The molecule has 90 valence electrons. The van der Waals surface area contributed by atoms with Gasteiger partial charge in [-0.05, 0) is 32.1 Å². The molecule has 0 amide bonds. The zero-order valence-corrected chi connectivity index (χ0v) is 10.3. The summed E-state index contributed by atoms with van der Waals surface area (Å²) in [4.78, 5) is 0. The van der Waals surface area contributed by atoms with E-state index in [2.05, 4.69) is 25.9 Å². The molecular formula is C12H26N2O. The van der Waals surface area contributed by atoms with Crippen molar-refractivity contribution in [3.63, 3.8) is 0 Å². The largest absolute Gasteiger partial charge is 0.377 e. The van der Waals surface area contributed by atoms with Gasteiger partial charge in [-0.1, -0.05) is 19.9 Å². The Kier molecular flexibility index (Phi) is 8.67. The minimum Gasteiger partial charge on any atom is -0.377 e. The normalized spacial score (nSPS) is 15.3. The molecular weight excluding hydrogens is 188 g/mol. The van der Waals surface area contributed by atoms with Crippen LogP contribution in [0.1, 0.15) is 40.0 Å². The van der Waals surface area contributed by atoms with Crippen LogP contribution in [0.3, 0.4) is 0 Å². The molecule has 0 aliphatic rings. The van der Waals surface area contributed by atoms with Gasteiger partial charge in [0, 0.05) is 12.6 Å². The fourth-order valence-corrected chi connectivity index (χ4v) is 1.79. The lowest BCUT2D eigenvalue weighted by molar-refractivity contribution is 0.00107. The number of hydrogen-bond acceptors (Lipinski definition) is 3. The topological polar surface area (TPSA) is 47.3 Å². The van der Waals surface area contributed by atoms with Gasteiger partial charge in [0.05, 0.1) is 6.10 Å². The molecule has 2 atom stereocenters. The lowest BCUT2D eigenvalue weighted by Crippen LogP contribution is -2.47. The molecule has 0 aliphatic heterocycles. The van der Waals surface area contributed by atoms with Crippen molar-refractivity contribution < 1.29 is 4.74 Å². The molecule has 0 aromatic heterocycles. The van der Waals surface area contributed by atoms with Crippen LogP contribution in [0.15, 0.2) is 12.7 Å². The first-order valence-corrected chi connectivity index (χ1v) is 5.85. The van der Waals surface area contributed by atoms with Crippen molar-refractivity contribution in [2.75, 3.05) is 6.61 Å². The van der Waals surface area contributed by atoms with Crippen LogP contribution in [0.4, 0.5) is 0 Å². The SMILES string of the molecule is C=CCCCC(NN)C(OCC)C(C)C. The lowest BCUT2D eigenvalue weighted by Gasteiger charge is -2.29. The van der Waals surface area contributed by atoms with E-state index in [1.54, 1.807) is 0 Å². The third-order valence-corrected chi connectivity index (χ3v) is 2.55. The van der Waals surface area contributed by atoms with E-state index in [1.165, 1.54) is 0 Å². The van der Waals surface area contributed by atoms with Crippen LogP contribution in [0.2, 0.25) is 0 Å². The molecule has 0 rings (SSSR count). The average Bonchev–Trinajstić information content (AvgIpc) is 2.22. The van der Waals surface area contributed by atoms with Gasteiger partial charge in [-0.2, -0.15) is 0 Å². The Balaban J connectivity index is 4.11. The Morgan fingerprint density at radius 2 is 2.13 bits per heavy atom. The van der Waals surface area contributed by atoms with Gasteiger partial charge in [-0.3, -0.25) is 11.3 Å². The second kappa shape index (κ2) is 8.89. The standard InChI is InChI=1S/C12H26N2O/c1-5-7-8-9-11(14-13)12(10(3)4)15-6-2/h5,10-12,14H,1,6-9,13H2,2-4H3. The fraction of sp³-hybridized carbons (Fsp3) is 0.833. The summed E-state index contributed by atoms with van der Waals surface area (Å²) in [6.07, 6.45) is 5.32. The maximum atomic E-state index is 5.72. The predicted octanol–water partition coefficient (Wildman–Crippen LogP) is 2.24. The molecule has 3 heteroatoms. The molecule has 0 fully saturated rings. The van der Waals surface area contributed by atoms with Crippen molar-refractivity contribution in [3.8, 4) is 0 Å². The van der Waals surface area contributed by atoms with Crippen molar-refractivity contribution in [3.05, 3.63) is 12.7 Å². The number of ether oxygens (including phenoxy) is 1. The summed E-state index contributed by atoms with van der Waals surface area (Å²) in [5, 5.41) is 0. The second-order valence-electron chi connectivity index (χ2n) is 4.16. The van der Waals surface area contributed by atoms with Gasteiger partial charge in [-0.25, -0.2) is 0 Å². The molecule has 0 aromatic carbocycles. The molecule has 0 aliphatic carbocycles. The number of allylic oxidation sites excluding steroid dienone is 1. The summed E-state index contributed by atoms with van der Waals surface area (Å²) in [5.74, 6) is 6.05. The first-order valence-electron chi connectivity index (χ1n) is 5.85. The Morgan fingerprint density at radius 3 is 2.53 bits per heavy atom. The predicted molar refractivity (Wildman–Crippen MR) is 65.4 cm³/mol. The Hall–Kier alpha value is -0.380. The van der Waals surface area contributed by atoms with Gasteiger partial charge in [0.25, 0.3) is 0 Å². The van der Waals surface area contributed by atoms with Crippen LogP contribution in [0, 0.1) is 5.92 Å². The minimum atomic E-state index is 0.199. The summed E-state index contributed by atoms with van der Waals surface area (Å²) in [7, 11) is 0. The maximum Gasteiger partial charge on any atom is 0.0764 e. The highest BCUT2D eigenvalue weighted by Gasteiger charge is 2.23. The highest BCUT2D eigenvalue weighted by molar-refractivity contribution is 4.79. The number of hydrazine groups is 1. The number of unbranched alkanes of at least 4 members (excludes halogenated alkanes) is 1. The van der Waals surface area contributed by atoms with E-state index in [0.717, 1.165) is 25.9 Å². The van der Waals surface area contributed by atoms with Crippen molar-refractivity contribution in [2.45, 2.75) is 52.2 Å². The molecule has 0 aromatic rings. The van der Waals surface area contributed by atoms with E-state index in [-0.39, 0.29) is 12.1 Å². The molecule has 0 saturated heterocycles. The van der Waals surface area contributed by atoms with E-state index >= 15 is 0 Å². The first kappa shape index (κ1) is 14.6. The van der Waals surface area contributed by atoms with Crippen molar-refractivity contribution in [2.24, 2.45) is 11.8 Å². The summed E-state index contributed by atoms with van der Waals surface area (Å²) in [6.45, 7) is 10.8.